The fourth-order valence-corrected chi connectivity index (χ4v) is 2.09. The van der Waals surface area contributed by atoms with Crippen molar-refractivity contribution in [3.05, 3.63) is 0 Å². The van der Waals surface area contributed by atoms with Gasteiger partial charge in [0.15, 0.2) is 0 Å². The standard InChI is InChI=1S/C11H24N2O/c1-4-14-10-8-9(11(10,2)3)13-7-5-6-12/h9-10,13H,4-8,12H2,1-3H3. The molecule has 0 heterocycles. The van der Waals surface area contributed by atoms with Crippen molar-refractivity contribution >= 4 is 0 Å². The van der Waals surface area contributed by atoms with Crippen molar-refractivity contribution in [2.24, 2.45) is 11.1 Å². The van der Waals surface area contributed by atoms with Gasteiger partial charge in [0.1, 0.15) is 0 Å². The number of rotatable bonds is 6. The molecule has 2 unspecified atom stereocenters. The number of ether oxygens (including phenoxy) is 1. The molecule has 84 valence electrons. The molecule has 0 bridgehead atoms. The van der Waals surface area contributed by atoms with Crippen molar-refractivity contribution in [2.45, 2.75) is 45.8 Å². The SMILES string of the molecule is CCOC1CC(NCCCN)C1(C)C. The quantitative estimate of drug-likeness (QED) is 0.632. The van der Waals surface area contributed by atoms with E-state index in [2.05, 4.69) is 26.1 Å². The van der Waals surface area contributed by atoms with Gasteiger partial charge in [0.25, 0.3) is 0 Å². The Morgan fingerprint density at radius 2 is 2.21 bits per heavy atom. The first kappa shape index (κ1) is 12.0. The summed E-state index contributed by atoms with van der Waals surface area (Å²) in [6, 6.07) is 0.602. The molecule has 2 atom stereocenters. The van der Waals surface area contributed by atoms with Gasteiger partial charge in [-0.15, -0.1) is 0 Å². The molecule has 0 aromatic carbocycles. The first-order valence-corrected chi connectivity index (χ1v) is 5.68. The number of nitrogens with two attached hydrogens (primary N) is 1. The van der Waals surface area contributed by atoms with Crippen LogP contribution < -0.4 is 11.1 Å². The lowest BCUT2D eigenvalue weighted by molar-refractivity contribution is -0.113. The second kappa shape index (κ2) is 5.10. The minimum Gasteiger partial charge on any atom is -0.378 e. The van der Waals surface area contributed by atoms with Crippen LogP contribution in [0, 0.1) is 5.41 Å². The molecule has 1 aliphatic carbocycles. The van der Waals surface area contributed by atoms with Gasteiger partial charge in [0.05, 0.1) is 6.10 Å². The topological polar surface area (TPSA) is 47.3 Å². The molecule has 0 aliphatic heterocycles. The average molecular weight is 200 g/mol. The molecule has 0 aromatic heterocycles. The zero-order valence-electron chi connectivity index (χ0n) is 9.68. The van der Waals surface area contributed by atoms with Gasteiger partial charge in [-0.25, -0.2) is 0 Å². The van der Waals surface area contributed by atoms with Gasteiger partial charge in [-0.2, -0.15) is 0 Å². The Hall–Kier alpha value is -0.120. The summed E-state index contributed by atoms with van der Waals surface area (Å²) in [4.78, 5) is 0. The Balaban J connectivity index is 2.24. The summed E-state index contributed by atoms with van der Waals surface area (Å²) in [5.41, 5.74) is 5.73. The summed E-state index contributed by atoms with van der Waals surface area (Å²) in [5.74, 6) is 0. The van der Waals surface area contributed by atoms with E-state index in [0.29, 0.717) is 12.1 Å². The van der Waals surface area contributed by atoms with Gasteiger partial charge < -0.3 is 15.8 Å². The zero-order valence-corrected chi connectivity index (χ0v) is 9.68. The highest BCUT2D eigenvalue weighted by Crippen LogP contribution is 2.42. The van der Waals surface area contributed by atoms with Crippen LogP contribution >= 0.6 is 0 Å². The summed E-state index contributed by atoms with van der Waals surface area (Å²) in [6.07, 6.45) is 2.64. The molecule has 0 aromatic rings. The minimum atomic E-state index is 0.282. The first-order valence-electron chi connectivity index (χ1n) is 5.68. The molecule has 0 saturated heterocycles. The van der Waals surface area contributed by atoms with Crippen LogP contribution in [-0.2, 0) is 4.74 Å². The third-order valence-corrected chi connectivity index (χ3v) is 3.32. The first-order chi connectivity index (χ1) is 6.62. The van der Waals surface area contributed by atoms with Crippen LogP contribution in [0.25, 0.3) is 0 Å². The molecule has 1 fully saturated rings. The van der Waals surface area contributed by atoms with Crippen molar-refractivity contribution in [2.75, 3.05) is 19.7 Å². The lowest BCUT2D eigenvalue weighted by Crippen LogP contribution is -2.61. The largest absolute Gasteiger partial charge is 0.378 e. The number of nitrogens with one attached hydrogen (secondary N) is 1. The molecule has 0 amide bonds. The highest BCUT2D eigenvalue weighted by atomic mass is 16.5. The van der Waals surface area contributed by atoms with Gasteiger partial charge in [-0.3, -0.25) is 0 Å². The Morgan fingerprint density at radius 1 is 1.50 bits per heavy atom. The highest BCUT2D eigenvalue weighted by molar-refractivity contribution is 5.02. The highest BCUT2D eigenvalue weighted by Gasteiger charge is 2.48. The minimum absolute atomic E-state index is 0.282. The van der Waals surface area contributed by atoms with E-state index in [0.717, 1.165) is 32.5 Å². The summed E-state index contributed by atoms with van der Waals surface area (Å²) in [7, 11) is 0. The average Bonchev–Trinajstić information content (AvgIpc) is 2.15. The van der Waals surface area contributed by atoms with Crippen molar-refractivity contribution in [3.63, 3.8) is 0 Å². The summed E-state index contributed by atoms with van der Waals surface area (Å²) >= 11 is 0. The van der Waals surface area contributed by atoms with E-state index in [-0.39, 0.29) is 5.41 Å². The summed E-state index contributed by atoms with van der Waals surface area (Å²) in [5, 5.41) is 3.54. The van der Waals surface area contributed by atoms with Crippen molar-refractivity contribution in [3.8, 4) is 0 Å². The third kappa shape index (κ3) is 2.47. The van der Waals surface area contributed by atoms with E-state index in [1.807, 2.05) is 0 Å². The van der Waals surface area contributed by atoms with Crippen LogP contribution in [0.5, 0.6) is 0 Å². The molecular weight excluding hydrogens is 176 g/mol. The second-order valence-corrected chi connectivity index (χ2v) is 4.65. The lowest BCUT2D eigenvalue weighted by Gasteiger charge is -2.52. The van der Waals surface area contributed by atoms with E-state index in [1.54, 1.807) is 0 Å². The van der Waals surface area contributed by atoms with Crippen LogP contribution in [0.4, 0.5) is 0 Å². The summed E-state index contributed by atoms with van der Waals surface area (Å²) in [6.45, 7) is 9.24. The zero-order chi connectivity index (χ0) is 10.6. The molecular formula is C11H24N2O. The number of hydrogen-bond acceptors (Lipinski definition) is 3. The fraction of sp³-hybridized carbons (Fsp3) is 1.00. The van der Waals surface area contributed by atoms with E-state index < -0.39 is 0 Å². The van der Waals surface area contributed by atoms with Crippen LogP contribution in [0.1, 0.15) is 33.6 Å². The Kier molecular flexibility index (Phi) is 4.35. The van der Waals surface area contributed by atoms with Gasteiger partial charge >= 0.3 is 0 Å². The number of hydrogen-bond donors (Lipinski definition) is 2. The van der Waals surface area contributed by atoms with Crippen LogP contribution in [0.15, 0.2) is 0 Å². The Labute approximate surface area is 87.4 Å². The van der Waals surface area contributed by atoms with Crippen LogP contribution in [-0.4, -0.2) is 31.8 Å². The van der Waals surface area contributed by atoms with Crippen molar-refractivity contribution in [1.82, 2.24) is 5.32 Å². The lowest BCUT2D eigenvalue weighted by atomic mass is 9.64. The maximum Gasteiger partial charge on any atom is 0.0655 e. The van der Waals surface area contributed by atoms with Gasteiger partial charge in [-0.05, 0) is 32.9 Å². The maximum absolute atomic E-state index is 5.66. The van der Waals surface area contributed by atoms with E-state index in [4.69, 9.17) is 10.5 Å². The predicted molar refractivity (Wildman–Crippen MR) is 59.3 cm³/mol. The van der Waals surface area contributed by atoms with Gasteiger partial charge in [-0.1, -0.05) is 13.8 Å². The molecule has 3 N–H and O–H groups in total. The molecule has 14 heavy (non-hydrogen) atoms. The van der Waals surface area contributed by atoms with Crippen molar-refractivity contribution in [1.29, 1.82) is 0 Å². The van der Waals surface area contributed by atoms with Gasteiger partial charge in [0.2, 0.25) is 0 Å². The second-order valence-electron chi connectivity index (χ2n) is 4.65. The summed E-state index contributed by atoms with van der Waals surface area (Å²) < 4.78 is 5.66. The van der Waals surface area contributed by atoms with Gasteiger partial charge in [0, 0.05) is 18.1 Å². The third-order valence-electron chi connectivity index (χ3n) is 3.32. The molecule has 0 spiro atoms. The van der Waals surface area contributed by atoms with Crippen LogP contribution in [0.3, 0.4) is 0 Å². The molecule has 1 rings (SSSR count). The molecule has 1 aliphatic rings. The monoisotopic (exact) mass is 200 g/mol. The molecule has 1 saturated carbocycles. The Morgan fingerprint density at radius 3 is 2.71 bits per heavy atom. The fourth-order valence-electron chi connectivity index (χ4n) is 2.09. The van der Waals surface area contributed by atoms with E-state index in [1.165, 1.54) is 0 Å². The molecule has 3 nitrogen and oxygen atoms in total. The normalized spacial score (nSPS) is 30.0. The predicted octanol–water partition coefficient (Wildman–Crippen LogP) is 1.13. The molecule has 0 radical (unpaired) electrons. The maximum atomic E-state index is 5.66. The smallest absolute Gasteiger partial charge is 0.0655 e. The Bertz CT molecular complexity index is 169. The van der Waals surface area contributed by atoms with Crippen LogP contribution in [0.2, 0.25) is 0 Å². The van der Waals surface area contributed by atoms with E-state index in [9.17, 15) is 0 Å². The van der Waals surface area contributed by atoms with Crippen molar-refractivity contribution < 1.29 is 4.74 Å². The van der Waals surface area contributed by atoms with E-state index >= 15 is 0 Å². The molecule has 3 heteroatoms.